The summed E-state index contributed by atoms with van der Waals surface area (Å²) in [6.07, 6.45) is 3.56. The zero-order chi connectivity index (χ0) is 29.8. The molecule has 1 aromatic carbocycles. The van der Waals surface area contributed by atoms with Gasteiger partial charge in [0.25, 0.3) is 0 Å². The molecule has 0 bridgehead atoms. The molecule has 2 aliphatic heterocycles. The van der Waals surface area contributed by atoms with Gasteiger partial charge in [0.15, 0.2) is 0 Å². The number of piperidine rings is 1. The molecule has 0 unspecified atom stereocenters. The highest BCUT2D eigenvalue weighted by atomic mass is 35.5. The monoisotopic (exact) mass is 644 g/mol. The lowest BCUT2D eigenvalue weighted by atomic mass is 10.1. The van der Waals surface area contributed by atoms with Crippen LogP contribution in [-0.4, -0.2) is 83.8 Å². The van der Waals surface area contributed by atoms with E-state index in [1.807, 2.05) is 0 Å². The second-order valence-electron chi connectivity index (χ2n) is 9.95. The van der Waals surface area contributed by atoms with Crippen molar-refractivity contribution in [1.82, 2.24) is 19.2 Å². The van der Waals surface area contributed by atoms with Crippen LogP contribution in [0.4, 0.5) is 0 Å². The maximum absolute atomic E-state index is 13.2. The predicted molar refractivity (Wildman–Crippen MR) is 158 cm³/mol. The van der Waals surface area contributed by atoms with Crippen molar-refractivity contribution < 1.29 is 31.2 Å². The topological polar surface area (TPSA) is 142 Å². The summed E-state index contributed by atoms with van der Waals surface area (Å²) in [5, 5.41) is 0.995. The Morgan fingerprint density at radius 3 is 2.61 bits per heavy atom. The summed E-state index contributed by atoms with van der Waals surface area (Å²) in [6, 6.07) is 6.86. The van der Waals surface area contributed by atoms with E-state index in [0.717, 1.165) is 11.0 Å². The number of likely N-dealkylation sites (tertiary alicyclic amines) is 2. The number of sulfonamides is 2. The molecule has 2 N–H and O–H groups in total. The molecule has 2 aliphatic rings. The summed E-state index contributed by atoms with van der Waals surface area (Å²) in [5.74, 6) is -0.558. The summed E-state index contributed by atoms with van der Waals surface area (Å²) < 4.78 is 62.0. The van der Waals surface area contributed by atoms with Crippen LogP contribution < -0.4 is 14.2 Å². The lowest BCUT2D eigenvalue weighted by Gasteiger charge is -2.34. The molecular weight excluding hydrogens is 612 g/mol. The summed E-state index contributed by atoms with van der Waals surface area (Å²) >= 11 is 7.11. The number of thiophene rings is 1. The Kier molecular flexibility index (Phi) is 10.1. The lowest BCUT2D eigenvalue weighted by molar-refractivity contribution is -0.143. The number of amides is 2. The number of methoxy groups -OCH3 is 1. The molecule has 0 aliphatic carbocycles. The molecular formula is C26H33ClN4O7S3. The van der Waals surface area contributed by atoms with Crippen molar-refractivity contribution in [1.29, 1.82) is 0 Å². The van der Waals surface area contributed by atoms with Gasteiger partial charge in [0, 0.05) is 36.0 Å². The van der Waals surface area contributed by atoms with Crippen LogP contribution >= 0.6 is 22.9 Å². The molecule has 2 aromatic rings. The van der Waals surface area contributed by atoms with Gasteiger partial charge >= 0.3 is 0 Å². The van der Waals surface area contributed by atoms with Crippen LogP contribution in [0.3, 0.4) is 0 Å². The van der Waals surface area contributed by atoms with Crippen molar-refractivity contribution in [3.8, 4) is 5.75 Å². The van der Waals surface area contributed by atoms with Crippen molar-refractivity contribution in [2.45, 2.75) is 49.6 Å². The van der Waals surface area contributed by atoms with Gasteiger partial charge in [-0.15, -0.1) is 11.3 Å². The number of hydrogen-bond acceptors (Lipinski definition) is 8. The Morgan fingerprint density at radius 1 is 1.15 bits per heavy atom. The maximum Gasteiger partial charge on any atom is 0.244 e. The van der Waals surface area contributed by atoms with E-state index in [0.29, 0.717) is 48.0 Å². The number of ether oxygens (including phenoxy) is 1. The van der Waals surface area contributed by atoms with Crippen molar-refractivity contribution in [2.75, 3.05) is 33.3 Å². The molecule has 3 heterocycles. The number of aryl methyl sites for hydroxylation is 1. The highest BCUT2D eigenvalue weighted by Crippen LogP contribution is 2.26. The van der Waals surface area contributed by atoms with Gasteiger partial charge < -0.3 is 14.5 Å². The minimum atomic E-state index is -3.92. The second kappa shape index (κ2) is 13.2. The maximum atomic E-state index is 13.2. The first-order chi connectivity index (χ1) is 19.4. The van der Waals surface area contributed by atoms with Crippen LogP contribution in [0.25, 0.3) is 6.08 Å². The van der Waals surface area contributed by atoms with E-state index in [9.17, 15) is 26.4 Å². The molecule has 0 saturated carbocycles. The fraction of sp³-hybridized carbons (Fsp3) is 0.462. The first kappa shape index (κ1) is 31.4. The van der Waals surface area contributed by atoms with Gasteiger partial charge in [-0.2, -0.15) is 4.72 Å². The molecule has 2 saturated heterocycles. The quantitative estimate of drug-likeness (QED) is 0.383. The number of nitrogens with one attached hydrogen (secondary N) is 2. The van der Waals surface area contributed by atoms with Gasteiger partial charge in [-0.25, -0.2) is 21.6 Å². The number of rotatable bonds is 11. The first-order valence-electron chi connectivity index (χ1n) is 13.1. The molecule has 224 valence electrons. The van der Waals surface area contributed by atoms with Crippen LogP contribution in [0.15, 0.2) is 40.6 Å². The molecule has 4 rings (SSSR count). The summed E-state index contributed by atoms with van der Waals surface area (Å²) in [6.45, 7) is 2.35. The minimum absolute atomic E-state index is 0.0172. The second-order valence-corrected chi connectivity index (χ2v) is 15.0. The number of carbonyl (C=O) groups excluding carboxylic acids is 2. The molecule has 1 aromatic heterocycles. The Hall–Kier alpha value is -2.49. The number of hydrogen-bond donors (Lipinski definition) is 2. The average molecular weight is 645 g/mol. The van der Waals surface area contributed by atoms with Crippen LogP contribution in [0, 0.1) is 6.92 Å². The summed E-state index contributed by atoms with van der Waals surface area (Å²) in [7, 11) is -6.41. The number of nitrogens with zero attached hydrogens (tertiary/aromatic N) is 2. The van der Waals surface area contributed by atoms with Crippen molar-refractivity contribution in [2.24, 2.45) is 0 Å². The Balaban J connectivity index is 1.35. The van der Waals surface area contributed by atoms with E-state index >= 15 is 0 Å². The van der Waals surface area contributed by atoms with Crippen LogP contribution in [-0.2, 0) is 29.6 Å². The van der Waals surface area contributed by atoms with Crippen LogP contribution in [0.1, 0.15) is 36.1 Å². The SMILES string of the molecule is COc1ccc(C)cc1S(=O)(=O)NC[C@H]1CCCN1C(=O)CN1CCC[C@H](NS(=O)(=O)C=Cc2ccc(Cl)s2)C1=O. The number of halogens is 1. The largest absolute Gasteiger partial charge is 0.495 e. The zero-order valence-electron chi connectivity index (χ0n) is 22.7. The third kappa shape index (κ3) is 8.08. The Morgan fingerprint density at radius 2 is 1.90 bits per heavy atom. The van der Waals surface area contributed by atoms with E-state index in [-0.39, 0.29) is 35.7 Å². The third-order valence-corrected chi connectivity index (χ3v) is 10.7. The van der Waals surface area contributed by atoms with E-state index in [4.69, 9.17) is 16.3 Å². The van der Waals surface area contributed by atoms with Crippen LogP contribution in [0.2, 0.25) is 4.34 Å². The average Bonchev–Trinajstić information content (AvgIpc) is 3.57. The minimum Gasteiger partial charge on any atom is -0.495 e. The lowest BCUT2D eigenvalue weighted by Crippen LogP contribution is -2.55. The molecule has 0 radical (unpaired) electrons. The summed E-state index contributed by atoms with van der Waals surface area (Å²) in [4.78, 5) is 30.0. The zero-order valence-corrected chi connectivity index (χ0v) is 25.9. The van der Waals surface area contributed by atoms with Gasteiger partial charge in [0.2, 0.25) is 31.9 Å². The van der Waals surface area contributed by atoms with E-state index < -0.39 is 32.0 Å². The van der Waals surface area contributed by atoms with Gasteiger partial charge in [-0.1, -0.05) is 17.7 Å². The Bertz CT molecular complexity index is 1520. The smallest absolute Gasteiger partial charge is 0.244 e. The number of carbonyl (C=O) groups is 2. The van der Waals surface area contributed by atoms with E-state index in [2.05, 4.69) is 9.44 Å². The van der Waals surface area contributed by atoms with Gasteiger partial charge in [-0.3, -0.25) is 9.59 Å². The summed E-state index contributed by atoms with van der Waals surface area (Å²) in [5.41, 5.74) is 0.763. The predicted octanol–water partition coefficient (Wildman–Crippen LogP) is 2.57. The molecule has 41 heavy (non-hydrogen) atoms. The van der Waals surface area contributed by atoms with Gasteiger partial charge in [0.05, 0.1) is 18.0 Å². The fourth-order valence-electron chi connectivity index (χ4n) is 4.93. The van der Waals surface area contributed by atoms with E-state index in [1.165, 1.54) is 35.5 Å². The van der Waals surface area contributed by atoms with Crippen LogP contribution in [0.5, 0.6) is 5.75 Å². The van der Waals surface area contributed by atoms with Crippen molar-refractivity contribution in [3.05, 3.63) is 50.5 Å². The molecule has 2 fully saturated rings. The standard InChI is InChI=1S/C26H33ClN4O7S3/c1-18-7-9-22(38-2)23(15-18)41(36,37)28-16-19-5-3-13-31(19)25(32)17-30-12-4-6-21(26(30)33)29-40(34,35)14-11-20-8-10-24(27)39-20/h7-11,14-15,19,21,28-29H,3-6,12-13,16-17H2,1-2H3/t19-,21+/m1/s1. The molecule has 2 atom stereocenters. The molecule has 15 heteroatoms. The normalized spacial score (nSPS) is 20.2. The first-order valence-corrected chi connectivity index (χ1v) is 17.3. The van der Waals surface area contributed by atoms with Gasteiger partial charge in [-0.05, 0) is 68.5 Å². The van der Waals surface area contributed by atoms with Crippen molar-refractivity contribution >= 4 is 60.9 Å². The Labute approximate surface area is 249 Å². The highest BCUT2D eigenvalue weighted by Gasteiger charge is 2.36. The molecule has 2 amide bonds. The van der Waals surface area contributed by atoms with E-state index in [1.54, 1.807) is 36.1 Å². The third-order valence-electron chi connectivity index (χ3n) is 6.98. The molecule has 11 nitrogen and oxygen atoms in total. The van der Waals surface area contributed by atoms with Gasteiger partial charge in [0.1, 0.15) is 16.7 Å². The van der Waals surface area contributed by atoms with Crippen molar-refractivity contribution in [3.63, 3.8) is 0 Å². The number of benzene rings is 1. The molecule has 0 spiro atoms. The fourth-order valence-corrected chi connectivity index (χ4v) is 8.32. The highest BCUT2D eigenvalue weighted by molar-refractivity contribution is 7.92.